The summed E-state index contributed by atoms with van der Waals surface area (Å²) in [4.78, 5) is 10.5. The van der Waals surface area contributed by atoms with Gasteiger partial charge in [0.05, 0.1) is 4.92 Å². The molecule has 0 spiro atoms. The van der Waals surface area contributed by atoms with Crippen LogP contribution in [0.1, 0.15) is 16.7 Å². The molecule has 104 valence electrons. The van der Waals surface area contributed by atoms with Crippen molar-refractivity contribution >= 4 is 21.6 Å². The van der Waals surface area contributed by atoms with E-state index in [1.54, 1.807) is 19.1 Å². The smallest absolute Gasteiger partial charge is 0.272 e. The van der Waals surface area contributed by atoms with Crippen LogP contribution in [0, 0.1) is 17.0 Å². The van der Waals surface area contributed by atoms with Gasteiger partial charge in [-0.2, -0.15) is 0 Å². The molecule has 0 saturated carbocycles. The number of hydrogen-bond acceptors (Lipinski definition) is 3. The summed E-state index contributed by atoms with van der Waals surface area (Å²) in [6.45, 7) is 3.09. The van der Waals surface area contributed by atoms with E-state index in [2.05, 4.69) is 21.2 Å². The SMILES string of the molecule is Cc1ccc(CNCc2ccc(Br)cc2)cc1[N+](=O)[O-]. The molecular weight excluding hydrogens is 320 g/mol. The summed E-state index contributed by atoms with van der Waals surface area (Å²) in [7, 11) is 0. The number of nitrogens with zero attached hydrogens (tertiary/aromatic N) is 1. The van der Waals surface area contributed by atoms with Gasteiger partial charge in [0.15, 0.2) is 0 Å². The first kappa shape index (κ1) is 14.7. The zero-order valence-corrected chi connectivity index (χ0v) is 12.7. The maximum atomic E-state index is 10.9. The van der Waals surface area contributed by atoms with Crippen molar-refractivity contribution in [1.82, 2.24) is 5.32 Å². The Morgan fingerprint density at radius 1 is 1.10 bits per heavy atom. The average Bonchev–Trinajstić information content (AvgIpc) is 2.42. The topological polar surface area (TPSA) is 55.2 Å². The van der Waals surface area contributed by atoms with Crippen LogP contribution in [0.5, 0.6) is 0 Å². The number of hydrogen-bond donors (Lipinski definition) is 1. The highest BCUT2D eigenvalue weighted by Crippen LogP contribution is 2.19. The van der Waals surface area contributed by atoms with Gasteiger partial charge in [0.2, 0.25) is 0 Å². The molecule has 5 heteroatoms. The molecule has 0 radical (unpaired) electrons. The van der Waals surface area contributed by atoms with E-state index in [1.807, 2.05) is 30.3 Å². The van der Waals surface area contributed by atoms with Crippen LogP contribution in [0.15, 0.2) is 46.9 Å². The van der Waals surface area contributed by atoms with Gasteiger partial charge >= 0.3 is 0 Å². The molecule has 2 aromatic rings. The van der Waals surface area contributed by atoms with E-state index in [4.69, 9.17) is 0 Å². The third kappa shape index (κ3) is 3.88. The van der Waals surface area contributed by atoms with Gasteiger partial charge in [-0.1, -0.05) is 40.2 Å². The van der Waals surface area contributed by atoms with Gasteiger partial charge in [-0.05, 0) is 30.2 Å². The van der Waals surface area contributed by atoms with Crippen LogP contribution in [0.3, 0.4) is 0 Å². The van der Waals surface area contributed by atoms with Gasteiger partial charge in [0.25, 0.3) is 5.69 Å². The zero-order valence-electron chi connectivity index (χ0n) is 11.1. The molecule has 20 heavy (non-hydrogen) atoms. The quantitative estimate of drug-likeness (QED) is 0.665. The maximum Gasteiger partial charge on any atom is 0.272 e. The first-order valence-corrected chi connectivity index (χ1v) is 7.04. The van der Waals surface area contributed by atoms with E-state index in [0.29, 0.717) is 12.1 Å². The predicted molar refractivity (Wildman–Crippen MR) is 82.5 cm³/mol. The van der Waals surface area contributed by atoms with Crippen LogP contribution in [0.2, 0.25) is 0 Å². The van der Waals surface area contributed by atoms with E-state index in [1.165, 1.54) is 5.56 Å². The van der Waals surface area contributed by atoms with E-state index in [9.17, 15) is 10.1 Å². The Morgan fingerprint density at radius 3 is 2.35 bits per heavy atom. The average molecular weight is 335 g/mol. The van der Waals surface area contributed by atoms with Crippen molar-refractivity contribution in [2.24, 2.45) is 0 Å². The van der Waals surface area contributed by atoms with Crippen LogP contribution in [-0.2, 0) is 13.1 Å². The number of nitrogens with one attached hydrogen (secondary N) is 1. The fourth-order valence-electron chi connectivity index (χ4n) is 1.92. The van der Waals surface area contributed by atoms with Crippen molar-refractivity contribution in [2.45, 2.75) is 20.0 Å². The Bertz CT molecular complexity index is 612. The molecule has 4 nitrogen and oxygen atoms in total. The first-order valence-electron chi connectivity index (χ1n) is 6.25. The van der Waals surface area contributed by atoms with E-state index < -0.39 is 0 Å². The molecule has 0 amide bonds. The maximum absolute atomic E-state index is 10.9. The molecule has 0 saturated heterocycles. The van der Waals surface area contributed by atoms with Crippen molar-refractivity contribution < 1.29 is 4.92 Å². The summed E-state index contributed by atoms with van der Waals surface area (Å²) in [6, 6.07) is 13.4. The highest BCUT2D eigenvalue weighted by Gasteiger charge is 2.10. The molecule has 0 atom stereocenters. The normalized spacial score (nSPS) is 10.5. The zero-order chi connectivity index (χ0) is 14.5. The van der Waals surface area contributed by atoms with Gasteiger partial charge in [0, 0.05) is 29.2 Å². The third-order valence-corrected chi connectivity index (χ3v) is 3.57. The van der Waals surface area contributed by atoms with Crippen LogP contribution in [0.25, 0.3) is 0 Å². The number of benzene rings is 2. The molecule has 1 N–H and O–H groups in total. The van der Waals surface area contributed by atoms with Crippen LogP contribution in [-0.4, -0.2) is 4.92 Å². The van der Waals surface area contributed by atoms with Crippen molar-refractivity contribution in [3.63, 3.8) is 0 Å². The van der Waals surface area contributed by atoms with E-state index in [-0.39, 0.29) is 10.6 Å². The lowest BCUT2D eigenvalue weighted by Gasteiger charge is -2.06. The molecule has 2 rings (SSSR count). The largest absolute Gasteiger partial charge is 0.309 e. The summed E-state index contributed by atoms with van der Waals surface area (Å²) >= 11 is 3.39. The molecule has 2 aromatic carbocycles. The molecular formula is C15H15BrN2O2. The summed E-state index contributed by atoms with van der Waals surface area (Å²) in [6.07, 6.45) is 0. The molecule has 0 aliphatic heterocycles. The van der Waals surface area contributed by atoms with Gasteiger partial charge < -0.3 is 5.32 Å². The molecule has 0 aromatic heterocycles. The highest BCUT2D eigenvalue weighted by molar-refractivity contribution is 9.10. The minimum absolute atomic E-state index is 0.174. The van der Waals surface area contributed by atoms with Gasteiger partial charge in [-0.25, -0.2) is 0 Å². The Kier molecular flexibility index (Phi) is 4.87. The van der Waals surface area contributed by atoms with Gasteiger partial charge in [-0.15, -0.1) is 0 Å². The lowest BCUT2D eigenvalue weighted by molar-refractivity contribution is -0.385. The monoisotopic (exact) mass is 334 g/mol. The van der Waals surface area contributed by atoms with Crippen LogP contribution in [0.4, 0.5) is 5.69 Å². The molecule has 0 bridgehead atoms. The molecule has 0 aliphatic rings. The van der Waals surface area contributed by atoms with E-state index in [0.717, 1.165) is 16.6 Å². The van der Waals surface area contributed by atoms with Crippen molar-refractivity contribution in [3.8, 4) is 0 Å². The molecule has 0 unspecified atom stereocenters. The van der Waals surface area contributed by atoms with Crippen molar-refractivity contribution in [2.75, 3.05) is 0 Å². The Hall–Kier alpha value is -1.72. The summed E-state index contributed by atoms with van der Waals surface area (Å²) in [5.74, 6) is 0. The fourth-order valence-corrected chi connectivity index (χ4v) is 2.18. The van der Waals surface area contributed by atoms with Crippen LogP contribution < -0.4 is 5.32 Å². The lowest BCUT2D eigenvalue weighted by Crippen LogP contribution is -2.12. The van der Waals surface area contributed by atoms with Crippen LogP contribution >= 0.6 is 15.9 Å². The number of rotatable bonds is 5. The second-order valence-corrected chi connectivity index (χ2v) is 5.52. The summed E-state index contributed by atoms with van der Waals surface area (Å²) in [5.41, 5.74) is 2.95. The Labute approximate surface area is 126 Å². The standard InChI is InChI=1S/C15H15BrN2O2/c1-11-2-3-13(8-15(11)18(19)20)10-17-9-12-4-6-14(16)7-5-12/h2-8,17H,9-10H2,1H3. The summed E-state index contributed by atoms with van der Waals surface area (Å²) in [5, 5.41) is 14.2. The van der Waals surface area contributed by atoms with Crippen molar-refractivity contribution in [1.29, 1.82) is 0 Å². The summed E-state index contributed by atoms with van der Waals surface area (Å²) < 4.78 is 1.05. The number of nitro groups is 1. The first-order chi connectivity index (χ1) is 9.56. The van der Waals surface area contributed by atoms with Gasteiger partial charge in [-0.3, -0.25) is 10.1 Å². The minimum Gasteiger partial charge on any atom is -0.309 e. The Balaban J connectivity index is 1.96. The second kappa shape index (κ2) is 6.63. The van der Waals surface area contributed by atoms with Crippen molar-refractivity contribution in [3.05, 3.63) is 73.7 Å². The Morgan fingerprint density at radius 2 is 1.70 bits per heavy atom. The number of aryl methyl sites for hydroxylation is 1. The molecule has 0 aliphatic carbocycles. The number of halogens is 1. The molecule has 0 heterocycles. The number of nitro benzene ring substituents is 1. The molecule has 0 fully saturated rings. The minimum atomic E-state index is -0.340. The fraction of sp³-hybridized carbons (Fsp3) is 0.200. The van der Waals surface area contributed by atoms with E-state index >= 15 is 0 Å². The predicted octanol–water partition coefficient (Wildman–Crippen LogP) is 3.96. The van der Waals surface area contributed by atoms with Gasteiger partial charge in [0.1, 0.15) is 0 Å². The highest BCUT2D eigenvalue weighted by atomic mass is 79.9. The third-order valence-electron chi connectivity index (χ3n) is 3.04. The lowest BCUT2D eigenvalue weighted by atomic mass is 10.1. The second-order valence-electron chi connectivity index (χ2n) is 4.61.